The number of carbonyl (C=O) groups is 2. The number of halogens is 1. The van der Waals surface area contributed by atoms with Gasteiger partial charge in [-0.15, -0.1) is 0 Å². The number of carbonyl (C=O) groups excluding carboxylic acids is 2. The van der Waals surface area contributed by atoms with Gasteiger partial charge in [-0.2, -0.15) is 0 Å². The smallest absolute Gasteiger partial charge is 0.254 e. The number of pyridine rings is 2. The van der Waals surface area contributed by atoms with Crippen LogP contribution in [0.5, 0.6) is 28.7 Å². The van der Waals surface area contributed by atoms with Crippen LogP contribution in [0.2, 0.25) is 5.02 Å². The second-order valence-electron chi connectivity index (χ2n) is 12.4. The molecule has 0 saturated heterocycles. The van der Waals surface area contributed by atoms with E-state index in [0.717, 1.165) is 50.1 Å². The van der Waals surface area contributed by atoms with Crippen molar-refractivity contribution < 1.29 is 23.8 Å². The van der Waals surface area contributed by atoms with Gasteiger partial charge in [0.1, 0.15) is 28.4 Å². The van der Waals surface area contributed by atoms with E-state index in [-0.39, 0.29) is 11.1 Å². The Morgan fingerprint density at radius 3 is 1.64 bits per heavy atom. The minimum atomic E-state index is -0.597. The maximum Gasteiger partial charge on any atom is 0.254 e. The standard InChI is InChI=1S/C20H27N3O3.C18H22ClN3O2/c1-4-25-19-11-15(12-22-9-7-14(2)3)5-6-18(19)26-17-8-10-23-13-16(17)20(21)24;1-12(2)5-7-21-10-13-3-4-17(15(19)9-13)24-16-6-8-22-11-14(16)18(20)23/h5-6,8,10-11,13-14,22H,4,7,9,12H2,1-3H3,(H2,21,24);3-4,6,8-9,11-12,21H,5,7,10H2,1-2H3,(H2,20,23). The SMILES string of the molecule is CC(C)CCNCc1ccc(Oc2ccncc2C(N)=O)c(Cl)c1.CCOc1cc(CNCCC(C)C)ccc1Oc1ccncc1C(N)=O. The van der Waals surface area contributed by atoms with Gasteiger partial charge in [0.25, 0.3) is 11.8 Å². The van der Waals surface area contributed by atoms with Crippen molar-refractivity contribution >= 4 is 23.4 Å². The predicted molar refractivity (Wildman–Crippen MR) is 197 cm³/mol. The molecule has 0 aliphatic heterocycles. The lowest BCUT2D eigenvalue weighted by atomic mass is 10.1. The Morgan fingerprint density at radius 2 is 1.18 bits per heavy atom. The normalized spacial score (nSPS) is 10.8. The summed E-state index contributed by atoms with van der Waals surface area (Å²) >= 11 is 6.29. The first-order valence-corrected chi connectivity index (χ1v) is 17.1. The molecule has 50 heavy (non-hydrogen) atoms. The molecule has 11 nitrogen and oxygen atoms in total. The van der Waals surface area contributed by atoms with Crippen molar-refractivity contribution in [3.05, 3.63) is 101 Å². The first-order chi connectivity index (χ1) is 24.0. The van der Waals surface area contributed by atoms with Crippen LogP contribution in [0.25, 0.3) is 0 Å². The molecule has 0 aliphatic rings. The van der Waals surface area contributed by atoms with Gasteiger partial charge >= 0.3 is 0 Å². The van der Waals surface area contributed by atoms with Crippen LogP contribution < -0.4 is 36.3 Å². The monoisotopic (exact) mass is 704 g/mol. The molecule has 4 rings (SSSR count). The van der Waals surface area contributed by atoms with Crippen LogP contribution in [0.15, 0.2) is 73.3 Å². The van der Waals surface area contributed by atoms with E-state index in [1.807, 2.05) is 37.3 Å². The van der Waals surface area contributed by atoms with Crippen molar-refractivity contribution in [2.24, 2.45) is 23.3 Å². The molecule has 12 heteroatoms. The molecule has 2 aromatic carbocycles. The van der Waals surface area contributed by atoms with Crippen molar-refractivity contribution in [1.29, 1.82) is 0 Å². The highest BCUT2D eigenvalue weighted by molar-refractivity contribution is 6.32. The topological polar surface area (TPSA) is 164 Å². The Hall–Kier alpha value is -4.71. The molecule has 0 unspecified atom stereocenters. The van der Waals surface area contributed by atoms with E-state index in [2.05, 4.69) is 48.3 Å². The molecule has 2 aromatic heterocycles. The highest BCUT2D eigenvalue weighted by Crippen LogP contribution is 2.34. The number of primary amides is 2. The zero-order valence-corrected chi connectivity index (χ0v) is 30.3. The summed E-state index contributed by atoms with van der Waals surface area (Å²) in [7, 11) is 0. The van der Waals surface area contributed by atoms with E-state index in [1.165, 1.54) is 18.6 Å². The van der Waals surface area contributed by atoms with E-state index in [9.17, 15) is 9.59 Å². The van der Waals surface area contributed by atoms with Gasteiger partial charge in [-0.3, -0.25) is 19.6 Å². The summed E-state index contributed by atoms with van der Waals surface area (Å²) in [4.78, 5) is 30.7. The molecule has 268 valence electrons. The number of nitrogens with one attached hydrogen (secondary N) is 2. The number of nitrogens with zero attached hydrogens (tertiary/aromatic N) is 2. The molecule has 2 heterocycles. The molecule has 0 fully saturated rings. The van der Waals surface area contributed by atoms with E-state index >= 15 is 0 Å². The number of nitrogens with two attached hydrogens (primary N) is 2. The second kappa shape index (κ2) is 20.7. The molecular formula is C38H49ClN6O5. The Labute approximate surface area is 300 Å². The minimum absolute atomic E-state index is 0.216. The number of amides is 2. The number of ether oxygens (including phenoxy) is 3. The predicted octanol–water partition coefficient (Wildman–Crippen LogP) is 7.27. The van der Waals surface area contributed by atoms with Gasteiger partial charge in [0.05, 0.1) is 11.6 Å². The van der Waals surface area contributed by atoms with Gasteiger partial charge in [-0.25, -0.2) is 0 Å². The number of rotatable bonds is 18. The van der Waals surface area contributed by atoms with Gasteiger partial charge < -0.3 is 36.3 Å². The average Bonchev–Trinajstić information content (AvgIpc) is 3.08. The van der Waals surface area contributed by atoms with Crippen LogP contribution in [0, 0.1) is 11.8 Å². The Bertz CT molecular complexity index is 1680. The highest BCUT2D eigenvalue weighted by Gasteiger charge is 2.14. The first-order valence-electron chi connectivity index (χ1n) is 16.8. The van der Waals surface area contributed by atoms with Crippen molar-refractivity contribution in [2.75, 3.05) is 19.7 Å². The van der Waals surface area contributed by atoms with Gasteiger partial charge in [-0.1, -0.05) is 51.4 Å². The van der Waals surface area contributed by atoms with Crippen molar-refractivity contribution in [3.63, 3.8) is 0 Å². The Morgan fingerprint density at radius 1 is 0.700 bits per heavy atom. The second-order valence-corrected chi connectivity index (χ2v) is 12.8. The van der Waals surface area contributed by atoms with Crippen LogP contribution >= 0.6 is 11.6 Å². The van der Waals surface area contributed by atoms with Crippen LogP contribution in [0.4, 0.5) is 0 Å². The lowest BCUT2D eigenvalue weighted by Gasteiger charge is -2.15. The van der Waals surface area contributed by atoms with Crippen molar-refractivity contribution in [2.45, 2.75) is 60.5 Å². The fourth-order valence-corrected chi connectivity index (χ4v) is 4.79. The summed E-state index contributed by atoms with van der Waals surface area (Å²) in [5.41, 5.74) is 13.3. The number of hydrogen-bond donors (Lipinski definition) is 4. The van der Waals surface area contributed by atoms with Gasteiger partial charge in [0.15, 0.2) is 11.5 Å². The molecule has 0 aliphatic carbocycles. The Kier molecular flexibility index (Phi) is 16.5. The fraction of sp³-hybridized carbons (Fsp3) is 0.368. The maximum atomic E-state index is 11.5. The zero-order valence-electron chi connectivity index (χ0n) is 29.5. The number of hydrogen-bond acceptors (Lipinski definition) is 9. The fourth-order valence-electron chi connectivity index (χ4n) is 4.55. The third-order valence-corrected chi connectivity index (χ3v) is 7.59. The third kappa shape index (κ3) is 13.3. The Balaban J connectivity index is 0.000000271. The van der Waals surface area contributed by atoms with Crippen LogP contribution in [-0.2, 0) is 13.1 Å². The van der Waals surface area contributed by atoms with Gasteiger partial charge in [0, 0.05) is 37.9 Å². The van der Waals surface area contributed by atoms with Crippen molar-refractivity contribution in [3.8, 4) is 28.7 Å². The van der Waals surface area contributed by atoms with E-state index in [1.54, 1.807) is 24.4 Å². The highest BCUT2D eigenvalue weighted by atomic mass is 35.5. The molecule has 0 atom stereocenters. The summed E-state index contributed by atoms with van der Waals surface area (Å²) in [6, 6.07) is 14.5. The van der Waals surface area contributed by atoms with E-state index in [0.29, 0.717) is 52.2 Å². The molecule has 6 N–H and O–H groups in total. The zero-order chi connectivity index (χ0) is 36.5. The third-order valence-electron chi connectivity index (χ3n) is 7.29. The van der Waals surface area contributed by atoms with E-state index < -0.39 is 11.8 Å². The molecule has 0 spiro atoms. The molecule has 2 amide bonds. The van der Waals surface area contributed by atoms with Crippen LogP contribution in [-0.4, -0.2) is 41.5 Å². The molecule has 0 bridgehead atoms. The van der Waals surface area contributed by atoms with E-state index in [4.69, 9.17) is 37.3 Å². The summed E-state index contributed by atoms with van der Waals surface area (Å²) in [5, 5.41) is 7.29. The summed E-state index contributed by atoms with van der Waals surface area (Å²) in [6.07, 6.45) is 8.12. The lowest BCUT2D eigenvalue weighted by molar-refractivity contribution is 0.0989. The maximum absolute atomic E-state index is 11.5. The molecule has 0 saturated carbocycles. The summed E-state index contributed by atoms with van der Waals surface area (Å²) in [5.74, 6) is 2.50. The van der Waals surface area contributed by atoms with Crippen LogP contribution in [0.3, 0.4) is 0 Å². The number of aromatic nitrogens is 2. The molecule has 4 aromatic rings. The van der Waals surface area contributed by atoms with Crippen LogP contribution in [0.1, 0.15) is 79.3 Å². The largest absolute Gasteiger partial charge is 0.490 e. The van der Waals surface area contributed by atoms with Crippen molar-refractivity contribution in [1.82, 2.24) is 20.6 Å². The quantitative estimate of drug-likeness (QED) is 0.0780. The first kappa shape index (κ1) is 39.7. The summed E-state index contributed by atoms with van der Waals surface area (Å²) in [6.45, 7) is 14.7. The van der Waals surface area contributed by atoms with Gasteiger partial charge in [-0.05, 0) is 92.2 Å². The average molecular weight is 705 g/mol. The lowest BCUT2D eigenvalue weighted by Crippen LogP contribution is -2.16. The number of benzene rings is 2. The summed E-state index contributed by atoms with van der Waals surface area (Å²) < 4.78 is 17.3. The molecule has 0 radical (unpaired) electrons. The van der Waals surface area contributed by atoms with Gasteiger partial charge in [0.2, 0.25) is 0 Å². The minimum Gasteiger partial charge on any atom is -0.490 e. The molecular weight excluding hydrogens is 656 g/mol.